The van der Waals surface area contributed by atoms with Crippen LogP contribution >= 0.6 is 0 Å². The van der Waals surface area contributed by atoms with E-state index in [1.54, 1.807) is 6.20 Å². The van der Waals surface area contributed by atoms with Crippen molar-refractivity contribution in [3.05, 3.63) is 53.3 Å². The van der Waals surface area contributed by atoms with Gasteiger partial charge in [0.05, 0.1) is 6.20 Å². The van der Waals surface area contributed by atoms with Crippen LogP contribution in [-0.2, 0) is 13.1 Å². The van der Waals surface area contributed by atoms with E-state index in [2.05, 4.69) is 10.4 Å². The van der Waals surface area contributed by atoms with Crippen molar-refractivity contribution in [2.24, 2.45) is 0 Å². The number of carbonyl (C=O) groups excluding carboxylic acids is 1. The van der Waals surface area contributed by atoms with Crippen LogP contribution in [0.25, 0.3) is 0 Å². The molecule has 94 valence electrons. The quantitative estimate of drug-likeness (QED) is 0.894. The third-order valence-electron chi connectivity index (χ3n) is 2.78. The van der Waals surface area contributed by atoms with Crippen LogP contribution in [0.3, 0.4) is 0 Å². The Balaban J connectivity index is 1.93. The molecule has 1 heterocycles. The summed E-state index contributed by atoms with van der Waals surface area (Å²) in [4.78, 5) is 11.9. The first kappa shape index (κ1) is 12.4. The molecule has 0 bridgehead atoms. The molecule has 2 aromatic rings. The monoisotopic (exact) mass is 243 g/mol. The summed E-state index contributed by atoms with van der Waals surface area (Å²) < 4.78 is 1.84. The maximum absolute atomic E-state index is 11.9. The molecule has 1 N–H and O–H groups in total. The fourth-order valence-electron chi connectivity index (χ4n) is 1.66. The Hall–Kier alpha value is -2.10. The van der Waals surface area contributed by atoms with E-state index >= 15 is 0 Å². The predicted octanol–water partition coefficient (Wildman–Crippen LogP) is 2.14. The van der Waals surface area contributed by atoms with E-state index in [4.69, 9.17) is 0 Å². The summed E-state index contributed by atoms with van der Waals surface area (Å²) in [5.74, 6) is -0.0563. The summed E-state index contributed by atoms with van der Waals surface area (Å²) in [6, 6.07) is 7.54. The molecule has 4 nitrogen and oxygen atoms in total. The summed E-state index contributed by atoms with van der Waals surface area (Å²) in [7, 11) is 0. The van der Waals surface area contributed by atoms with Gasteiger partial charge in [0.25, 0.3) is 5.91 Å². The molecule has 0 saturated heterocycles. The van der Waals surface area contributed by atoms with Crippen LogP contribution in [0.4, 0.5) is 0 Å². The maximum Gasteiger partial charge on any atom is 0.251 e. The molecule has 1 amide bonds. The Kier molecular flexibility index (Phi) is 3.77. The van der Waals surface area contributed by atoms with Crippen molar-refractivity contribution >= 4 is 5.91 Å². The molecule has 2 rings (SSSR count). The lowest BCUT2D eigenvalue weighted by Gasteiger charge is -2.03. The highest BCUT2D eigenvalue weighted by Gasteiger charge is 2.05. The largest absolute Gasteiger partial charge is 0.348 e. The predicted molar refractivity (Wildman–Crippen MR) is 70.3 cm³/mol. The van der Waals surface area contributed by atoms with E-state index in [0.717, 1.165) is 17.7 Å². The Morgan fingerprint density at radius 1 is 1.33 bits per heavy atom. The van der Waals surface area contributed by atoms with Gasteiger partial charge >= 0.3 is 0 Å². The van der Waals surface area contributed by atoms with Crippen molar-refractivity contribution in [2.75, 3.05) is 0 Å². The van der Waals surface area contributed by atoms with Gasteiger partial charge in [-0.2, -0.15) is 5.10 Å². The van der Waals surface area contributed by atoms with Gasteiger partial charge in [-0.1, -0.05) is 17.7 Å². The number of nitrogens with zero attached hydrogens (tertiary/aromatic N) is 2. The van der Waals surface area contributed by atoms with Gasteiger partial charge in [0.2, 0.25) is 0 Å². The molecule has 4 heteroatoms. The van der Waals surface area contributed by atoms with Gasteiger partial charge in [-0.15, -0.1) is 0 Å². The first-order valence-electron chi connectivity index (χ1n) is 6.05. The van der Waals surface area contributed by atoms with E-state index in [-0.39, 0.29) is 5.91 Å². The van der Waals surface area contributed by atoms with Crippen LogP contribution in [0.2, 0.25) is 0 Å². The van der Waals surface area contributed by atoms with E-state index < -0.39 is 0 Å². The van der Waals surface area contributed by atoms with Crippen LogP contribution in [0, 0.1) is 6.92 Å². The SMILES string of the molecule is CCn1cc(CNC(=O)c2ccc(C)cc2)cn1. The minimum Gasteiger partial charge on any atom is -0.348 e. The minimum absolute atomic E-state index is 0.0563. The normalized spacial score (nSPS) is 10.3. The van der Waals surface area contributed by atoms with Crippen LogP contribution in [0.5, 0.6) is 0 Å². The number of carbonyl (C=O) groups is 1. The number of hydrogen-bond acceptors (Lipinski definition) is 2. The molecule has 18 heavy (non-hydrogen) atoms. The maximum atomic E-state index is 11.9. The highest BCUT2D eigenvalue weighted by molar-refractivity contribution is 5.94. The fourth-order valence-corrected chi connectivity index (χ4v) is 1.66. The molecular formula is C14H17N3O. The van der Waals surface area contributed by atoms with E-state index in [9.17, 15) is 4.79 Å². The first-order valence-corrected chi connectivity index (χ1v) is 6.05. The Labute approximate surface area is 107 Å². The number of benzene rings is 1. The van der Waals surface area contributed by atoms with Crippen LogP contribution < -0.4 is 5.32 Å². The first-order chi connectivity index (χ1) is 8.69. The topological polar surface area (TPSA) is 46.9 Å². The molecule has 0 aliphatic carbocycles. The summed E-state index contributed by atoms with van der Waals surface area (Å²) in [6.07, 6.45) is 3.72. The molecule has 0 unspecified atom stereocenters. The fraction of sp³-hybridized carbons (Fsp3) is 0.286. The van der Waals surface area contributed by atoms with Gasteiger partial charge in [-0.25, -0.2) is 0 Å². The molecule has 1 aromatic carbocycles. The minimum atomic E-state index is -0.0563. The van der Waals surface area contributed by atoms with Crippen LogP contribution in [-0.4, -0.2) is 15.7 Å². The number of rotatable bonds is 4. The molecule has 0 atom stereocenters. The molecule has 1 aromatic heterocycles. The zero-order valence-corrected chi connectivity index (χ0v) is 10.7. The molecule has 0 spiro atoms. The molecular weight excluding hydrogens is 226 g/mol. The molecule has 0 aliphatic heterocycles. The van der Waals surface area contributed by atoms with Gasteiger partial charge in [0.15, 0.2) is 0 Å². The van der Waals surface area contributed by atoms with Crippen LogP contribution in [0.1, 0.15) is 28.4 Å². The molecule has 0 radical (unpaired) electrons. The van der Waals surface area contributed by atoms with Crippen molar-refractivity contribution in [3.8, 4) is 0 Å². The zero-order valence-electron chi connectivity index (χ0n) is 10.7. The van der Waals surface area contributed by atoms with Crippen molar-refractivity contribution < 1.29 is 4.79 Å². The third kappa shape index (κ3) is 2.97. The average molecular weight is 243 g/mol. The number of aryl methyl sites for hydroxylation is 2. The van der Waals surface area contributed by atoms with Gasteiger partial charge < -0.3 is 5.32 Å². The highest BCUT2D eigenvalue weighted by atomic mass is 16.1. The van der Waals surface area contributed by atoms with Crippen molar-refractivity contribution in [3.63, 3.8) is 0 Å². The molecule has 0 saturated carbocycles. The summed E-state index contributed by atoms with van der Waals surface area (Å²) in [5.41, 5.74) is 2.84. The van der Waals surface area contributed by atoms with E-state index in [1.807, 2.05) is 49.0 Å². The lowest BCUT2D eigenvalue weighted by Crippen LogP contribution is -2.22. The Bertz CT molecular complexity index is 528. The van der Waals surface area contributed by atoms with Gasteiger partial charge in [-0.3, -0.25) is 9.48 Å². The lowest BCUT2D eigenvalue weighted by molar-refractivity contribution is 0.0951. The second-order valence-electron chi connectivity index (χ2n) is 4.25. The second kappa shape index (κ2) is 5.49. The van der Waals surface area contributed by atoms with Gasteiger partial charge in [-0.05, 0) is 26.0 Å². The van der Waals surface area contributed by atoms with Crippen molar-refractivity contribution in [2.45, 2.75) is 26.9 Å². The van der Waals surface area contributed by atoms with Crippen molar-refractivity contribution in [1.82, 2.24) is 15.1 Å². The highest BCUT2D eigenvalue weighted by Crippen LogP contribution is 2.04. The van der Waals surface area contributed by atoms with Gasteiger partial charge in [0.1, 0.15) is 0 Å². The summed E-state index contributed by atoms with van der Waals surface area (Å²) in [6.45, 7) is 5.38. The second-order valence-corrected chi connectivity index (χ2v) is 4.25. The Morgan fingerprint density at radius 3 is 2.67 bits per heavy atom. The van der Waals surface area contributed by atoms with Crippen LogP contribution in [0.15, 0.2) is 36.7 Å². The molecule has 0 fully saturated rings. The lowest BCUT2D eigenvalue weighted by atomic mass is 10.1. The van der Waals surface area contributed by atoms with E-state index in [0.29, 0.717) is 12.1 Å². The number of hydrogen-bond donors (Lipinski definition) is 1. The number of aromatic nitrogens is 2. The number of nitrogens with one attached hydrogen (secondary N) is 1. The third-order valence-corrected chi connectivity index (χ3v) is 2.78. The Morgan fingerprint density at radius 2 is 2.06 bits per heavy atom. The zero-order chi connectivity index (χ0) is 13.0. The smallest absolute Gasteiger partial charge is 0.251 e. The standard InChI is InChI=1S/C14H17N3O/c1-3-17-10-12(9-16-17)8-15-14(18)13-6-4-11(2)5-7-13/h4-7,9-10H,3,8H2,1-2H3,(H,15,18). The summed E-state index contributed by atoms with van der Waals surface area (Å²) >= 11 is 0. The van der Waals surface area contributed by atoms with Gasteiger partial charge in [0, 0.05) is 30.4 Å². The average Bonchev–Trinajstić information content (AvgIpc) is 2.85. The summed E-state index contributed by atoms with van der Waals surface area (Å²) in [5, 5.41) is 7.04. The van der Waals surface area contributed by atoms with E-state index in [1.165, 1.54) is 0 Å². The van der Waals surface area contributed by atoms with Crippen molar-refractivity contribution in [1.29, 1.82) is 0 Å². The number of amides is 1. The molecule has 0 aliphatic rings.